The lowest BCUT2D eigenvalue weighted by molar-refractivity contribution is 1.15. The molecule has 2 nitrogen and oxygen atoms in total. The summed E-state index contributed by atoms with van der Waals surface area (Å²) in [5.74, 6) is 0. The van der Waals surface area contributed by atoms with E-state index < -0.39 is 0 Å². The predicted octanol–water partition coefficient (Wildman–Crippen LogP) is 5.12. The topological polar surface area (TPSA) is 24.9 Å². The lowest BCUT2D eigenvalue weighted by Gasteiger charge is -2.13. The Morgan fingerprint density at radius 2 is 1.86 bits per heavy atom. The van der Waals surface area contributed by atoms with Crippen molar-refractivity contribution in [3.05, 3.63) is 70.4 Å². The second kappa shape index (κ2) is 5.74. The summed E-state index contributed by atoms with van der Waals surface area (Å²) in [4.78, 5) is 4.45. The number of nitrogens with one attached hydrogen (secondary N) is 1. The third kappa shape index (κ3) is 2.86. The van der Waals surface area contributed by atoms with Gasteiger partial charge in [0.2, 0.25) is 0 Å². The molecule has 0 atom stereocenters. The van der Waals surface area contributed by atoms with Gasteiger partial charge in [-0.3, -0.25) is 4.98 Å². The number of anilines is 1. The molecule has 0 saturated carbocycles. The fraction of sp³-hybridized carbons (Fsp3) is 0.167. The normalized spacial score (nSPS) is 10.8. The molecule has 0 aliphatic rings. The van der Waals surface area contributed by atoms with Gasteiger partial charge in [-0.25, -0.2) is 0 Å². The summed E-state index contributed by atoms with van der Waals surface area (Å²) < 4.78 is 0. The molecule has 2 aromatic carbocycles. The SMILES string of the molecule is Cc1ccc(CNc2c(Cl)cc(C)c3ncccc23)cc1. The zero-order chi connectivity index (χ0) is 14.8. The molecule has 0 spiro atoms. The summed E-state index contributed by atoms with van der Waals surface area (Å²) in [6.07, 6.45) is 1.81. The lowest BCUT2D eigenvalue weighted by atomic mass is 10.1. The number of aryl methyl sites for hydroxylation is 2. The molecule has 3 aromatic rings. The third-order valence-electron chi connectivity index (χ3n) is 3.62. The Morgan fingerprint density at radius 3 is 2.62 bits per heavy atom. The van der Waals surface area contributed by atoms with Crippen molar-refractivity contribution in [1.82, 2.24) is 4.98 Å². The highest BCUT2D eigenvalue weighted by Gasteiger charge is 2.09. The van der Waals surface area contributed by atoms with Gasteiger partial charge in [0.1, 0.15) is 0 Å². The first-order valence-electron chi connectivity index (χ1n) is 6.98. The Morgan fingerprint density at radius 1 is 1.10 bits per heavy atom. The number of fused-ring (bicyclic) bond motifs is 1. The van der Waals surface area contributed by atoms with Crippen LogP contribution in [0, 0.1) is 13.8 Å². The van der Waals surface area contributed by atoms with Gasteiger partial charge in [0, 0.05) is 18.1 Å². The van der Waals surface area contributed by atoms with Crippen molar-refractivity contribution in [3.63, 3.8) is 0 Å². The molecule has 0 aliphatic carbocycles. The molecule has 1 N–H and O–H groups in total. The number of hydrogen-bond donors (Lipinski definition) is 1. The average molecular weight is 297 g/mol. The number of nitrogens with zero attached hydrogens (tertiary/aromatic N) is 1. The van der Waals surface area contributed by atoms with Crippen LogP contribution < -0.4 is 5.32 Å². The second-order valence-electron chi connectivity index (χ2n) is 5.29. The van der Waals surface area contributed by atoms with Crippen molar-refractivity contribution in [1.29, 1.82) is 0 Å². The van der Waals surface area contributed by atoms with Gasteiger partial charge in [0.15, 0.2) is 0 Å². The van der Waals surface area contributed by atoms with Crippen molar-refractivity contribution in [2.24, 2.45) is 0 Å². The van der Waals surface area contributed by atoms with Gasteiger partial charge in [0.05, 0.1) is 16.2 Å². The predicted molar refractivity (Wildman–Crippen MR) is 90.0 cm³/mol. The molecule has 106 valence electrons. The van der Waals surface area contributed by atoms with Crippen molar-refractivity contribution in [3.8, 4) is 0 Å². The molecule has 0 amide bonds. The Bertz CT molecular complexity index is 779. The smallest absolute Gasteiger partial charge is 0.0752 e. The molecule has 0 radical (unpaired) electrons. The summed E-state index contributed by atoms with van der Waals surface area (Å²) in [7, 11) is 0. The Labute approximate surface area is 129 Å². The van der Waals surface area contributed by atoms with E-state index in [0.29, 0.717) is 0 Å². The molecular weight excluding hydrogens is 280 g/mol. The molecule has 21 heavy (non-hydrogen) atoms. The van der Waals surface area contributed by atoms with E-state index in [-0.39, 0.29) is 0 Å². The van der Waals surface area contributed by atoms with Crippen molar-refractivity contribution in [2.45, 2.75) is 20.4 Å². The summed E-state index contributed by atoms with van der Waals surface area (Å²) in [5, 5.41) is 5.25. The number of benzene rings is 2. The van der Waals surface area contributed by atoms with Gasteiger partial charge in [-0.2, -0.15) is 0 Å². The molecule has 1 aromatic heterocycles. The minimum absolute atomic E-state index is 0.736. The van der Waals surface area contributed by atoms with Crippen molar-refractivity contribution in [2.75, 3.05) is 5.32 Å². The minimum atomic E-state index is 0.736. The first-order chi connectivity index (χ1) is 10.1. The first kappa shape index (κ1) is 13.9. The number of aromatic nitrogens is 1. The van der Waals surface area contributed by atoms with E-state index in [1.54, 1.807) is 0 Å². The highest BCUT2D eigenvalue weighted by atomic mass is 35.5. The van der Waals surface area contributed by atoms with E-state index >= 15 is 0 Å². The molecular formula is C18H17ClN2. The fourth-order valence-electron chi connectivity index (χ4n) is 2.46. The van der Waals surface area contributed by atoms with Gasteiger partial charge < -0.3 is 5.32 Å². The fourth-order valence-corrected chi connectivity index (χ4v) is 2.79. The molecule has 0 unspecified atom stereocenters. The number of rotatable bonds is 3. The largest absolute Gasteiger partial charge is 0.379 e. The number of halogens is 1. The van der Waals surface area contributed by atoms with Crippen LogP contribution >= 0.6 is 11.6 Å². The molecule has 3 heteroatoms. The quantitative estimate of drug-likeness (QED) is 0.726. The van der Waals surface area contributed by atoms with Crippen LogP contribution in [0.15, 0.2) is 48.7 Å². The number of pyridine rings is 1. The van der Waals surface area contributed by atoms with Crippen molar-refractivity contribution < 1.29 is 0 Å². The maximum absolute atomic E-state index is 6.41. The van der Waals surface area contributed by atoms with Crippen LogP contribution in [0.5, 0.6) is 0 Å². The van der Waals surface area contributed by atoms with Crippen LogP contribution in [0.1, 0.15) is 16.7 Å². The van der Waals surface area contributed by atoms with E-state index in [1.165, 1.54) is 11.1 Å². The molecule has 0 aliphatic heterocycles. The summed E-state index contributed by atoms with van der Waals surface area (Å²) in [5.41, 5.74) is 5.53. The first-order valence-corrected chi connectivity index (χ1v) is 7.36. The van der Waals surface area contributed by atoms with E-state index in [9.17, 15) is 0 Å². The van der Waals surface area contributed by atoms with Crippen LogP contribution in [0.3, 0.4) is 0 Å². The second-order valence-corrected chi connectivity index (χ2v) is 5.70. The van der Waals surface area contributed by atoms with E-state index in [2.05, 4.69) is 47.6 Å². The molecule has 3 rings (SSSR count). The zero-order valence-electron chi connectivity index (χ0n) is 12.2. The Balaban J connectivity index is 1.95. The van der Waals surface area contributed by atoms with Crippen LogP contribution in [0.25, 0.3) is 10.9 Å². The van der Waals surface area contributed by atoms with Gasteiger partial charge in [-0.1, -0.05) is 41.4 Å². The Kier molecular flexibility index (Phi) is 3.80. The minimum Gasteiger partial charge on any atom is -0.379 e. The highest BCUT2D eigenvalue weighted by Crippen LogP contribution is 2.32. The molecule has 1 heterocycles. The van der Waals surface area contributed by atoms with Crippen LogP contribution in [-0.4, -0.2) is 4.98 Å². The standard InChI is InChI=1S/C18H17ClN2/c1-12-5-7-14(8-6-12)11-21-18-15-4-3-9-20-17(15)13(2)10-16(18)19/h3-10,21H,11H2,1-2H3. The maximum Gasteiger partial charge on any atom is 0.0752 e. The van der Waals surface area contributed by atoms with Crippen molar-refractivity contribution >= 4 is 28.2 Å². The van der Waals surface area contributed by atoms with Gasteiger partial charge in [-0.15, -0.1) is 0 Å². The van der Waals surface area contributed by atoms with Gasteiger partial charge >= 0.3 is 0 Å². The zero-order valence-corrected chi connectivity index (χ0v) is 12.9. The van der Waals surface area contributed by atoms with E-state index in [1.807, 2.05) is 25.3 Å². The monoisotopic (exact) mass is 296 g/mol. The molecule has 0 bridgehead atoms. The van der Waals surface area contributed by atoms with Crippen LogP contribution in [-0.2, 0) is 6.54 Å². The summed E-state index contributed by atoms with van der Waals surface area (Å²) in [6.45, 7) is 4.87. The average Bonchev–Trinajstić information content (AvgIpc) is 2.49. The van der Waals surface area contributed by atoms with Crippen LogP contribution in [0.4, 0.5) is 5.69 Å². The van der Waals surface area contributed by atoms with Gasteiger partial charge in [0.25, 0.3) is 0 Å². The highest BCUT2D eigenvalue weighted by molar-refractivity contribution is 6.35. The van der Waals surface area contributed by atoms with Gasteiger partial charge in [-0.05, 0) is 43.2 Å². The molecule has 0 saturated heterocycles. The summed E-state index contributed by atoms with van der Waals surface area (Å²) >= 11 is 6.41. The maximum atomic E-state index is 6.41. The molecule has 0 fully saturated rings. The third-order valence-corrected chi connectivity index (χ3v) is 3.92. The van der Waals surface area contributed by atoms with E-state index in [0.717, 1.165) is 33.7 Å². The Hall–Kier alpha value is -2.06. The summed E-state index contributed by atoms with van der Waals surface area (Å²) in [6, 6.07) is 14.5. The van der Waals surface area contributed by atoms with E-state index in [4.69, 9.17) is 11.6 Å². The lowest BCUT2D eigenvalue weighted by Crippen LogP contribution is -2.01. The van der Waals surface area contributed by atoms with Crippen LogP contribution in [0.2, 0.25) is 5.02 Å². The number of hydrogen-bond acceptors (Lipinski definition) is 2.